The zero-order valence-electron chi connectivity index (χ0n) is 7.27. The van der Waals surface area contributed by atoms with Crippen LogP contribution in [0.2, 0.25) is 0 Å². The SMILES string of the molecule is N[C@@H](CO)c1ccc(C(=O)O)c(F)c1. The van der Waals surface area contributed by atoms with Crippen molar-refractivity contribution in [2.75, 3.05) is 6.61 Å². The fourth-order valence-corrected chi connectivity index (χ4v) is 1.04. The highest BCUT2D eigenvalue weighted by Crippen LogP contribution is 2.15. The van der Waals surface area contributed by atoms with E-state index >= 15 is 0 Å². The Kier molecular flexibility index (Phi) is 3.16. The molecule has 0 spiro atoms. The van der Waals surface area contributed by atoms with E-state index in [4.69, 9.17) is 15.9 Å². The third-order valence-electron chi connectivity index (χ3n) is 1.85. The average molecular weight is 199 g/mol. The number of carboxylic acid groups (broad SMARTS) is 1. The predicted octanol–water partition coefficient (Wildman–Crippen LogP) is 0.516. The molecule has 4 nitrogen and oxygen atoms in total. The minimum atomic E-state index is -1.33. The molecule has 0 heterocycles. The number of benzene rings is 1. The largest absolute Gasteiger partial charge is 0.478 e. The van der Waals surface area contributed by atoms with Gasteiger partial charge in [0.2, 0.25) is 0 Å². The summed E-state index contributed by atoms with van der Waals surface area (Å²) >= 11 is 0. The molecule has 0 unspecified atom stereocenters. The summed E-state index contributed by atoms with van der Waals surface area (Å²) in [4.78, 5) is 10.5. The predicted molar refractivity (Wildman–Crippen MR) is 47.4 cm³/mol. The average Bonchev–Trinajstić information content (AvgIpc) is 2.15. The second kappa shape index (κ2) is 4.17. The summed E-state index contributed by atoms with van der Waals surface area (Å²) in [7, 11) is 0. The molecule has 76 valence electrons. The van der Waals surface area contributed by atoms with Crippen LogP contribution < -0.4 is 5.73 Å². The Morgan fingerprint density at radius 2 is 2.21 bits per heavy atom. The summed E-state index contributed by atoms with van der Waals surface area (Å²) in [6, 6.07) is 2.84. The Hall–Kier alpha value is -1.46. The Morgan fingerprint density at radius 1 is 1.57 bits per heavy atom. The number of nitrogens with two attached hydrogens (primary N) is 1. The normalized spacial score (nSPS) is 12.5. The van der Waals surface area contributed by atoms with Crippen molar-refractivity contribution in [2.45, 2.75) is 6.04 Å². The highest BCUT2D eigenvalue weighted by Gasteiger charge is 2.12. The molecule has 0 saturated heterocycles. The van der Waals surface area contributed by atoms with Gasteiger partial charge in [-0.25, -0.2) is 9.18 Å². The van der Waals surface area contributed by atoms with Gasteiger partial charge in [0, 0.05) is 0 Å². The highest BCUT2D eigenvalue weighted by molar-refractivity contribution is 5.87. The van der Waals surface area contributed by atoms with E-state index in [1.807, 2.05) is 0 Å². The number of carboxylic acids is 1. The Morgan fingerprint density at radius 3 is 2.64 bits per heavy atom. The molecule has 0 aliphatic carbocycles. The Labute approximate surface area is 79.8 Å². The fraction of sp³-hybridized carbons (Fsp3) is 0.222. The van der Waals surface area contributed by atoms with E-state index in [-0.39, 0.29) is 6.61 Å². The summed E-state index contributed by atoms with van der Waals surface area (Å²) in [6.07, 6.45) is 0. The molecule has 5 heteroatoms. The number of hydrogen-bond donors (Lipinski definition) is 3. The lowest BCUT2D eigenvalue weighted by atomic mass is 10.1. The number of rotatable bonds is 3. The van der Waals surface area contributed by atoms with Gasteiger partial charge in [0.05, 0.1) is 18.2 Å². The van der Waals surface area contributed by atoms with Gasteiger partial charge in [-0.05, 0) is 17.7 Å². The minimum Gasteiger partial charge on any atom is -0.478 e. The van der Waals surface area contributed by atoms with Crippen molar-refractivity contribution < 1.29 is 19.4 Å². The third-order valence-corrected chi connectivity index (χ3v) is 1.85. The van der Waals surface area contributed by atoms with E-state index in [0.717, 1.165) is 12.1 Å². The van der Waals surface area contributed by atoms with Crippen molar-refractivity contribution in [3.8, 4) is 0 Å². The third kappa shape index (κ3) is 2.07. The molecule has 1 atom stereocenters. The molecule has 1 rings (SSSR count). The van der Waals surface area contributed by atoms with Crippen LogP contribution in [0.3, 0.4) is 0 Å². The number of aliphatic hydroxyl groups excluding tert-OH is 1. The van der Waals surface area contributed by atoms with Gasteiger partial charge in [0.1, 0.15) is 5.82 Å². The van der Waals surface area contributed by atoms with Crippen molar-refractivity contribution in [3.05, 3.63) is 35.1 Å². The maximum absolute atomic E-state index is 13.1. The zero-order chi connectivity index (χ0) is 10.7. The van der Waals surface area contributed by atoms with Gasteiger partial charge >= 0.3 is 5.97 Å². The molecule has 14 heavy (non-hydrogen) atoms. The molecule has 1 aromatic carbocycles. The molecule has 0 aliphatic heterocycles. The Bertz CT molecular complexity index is 354. The van der Waals surface area contributed by atoms with Gasteiger partial charge in [-0.2, -0.15) is 0 Å². The van der Waals surface area contributed by atoms with Crippen LogP contribution in [-0.2, 0) is 0 Å². The van der Waals surface area contributed by atoms with Gasteiger partial charge in [-0.15, -0.1) is 0 Å². The van der Waals surface area contributed by atoms with Crippen LogP contribution in [0, 0.1) is 5.82 Å². The number of hydrogen-bond acceptors (Lipinski definition) is 3. The van der Waals surface area contributed by atoms with Gasteiger partial charge in [0.15, 0.2) is 0 Å². The number of aromatic carboxylic acids is 1. The summed E-state index contributed by atoms with van der Waals surface area (Å²) < 4.78 is 13.1. The molecule has 0 aliphatic rings. The molecule has 0 saturated carbocycles. The molecule has 0 fully saturated rings. The topological polar surface area (TPSA) is 83.5 Å². The lowest BCUT2D eigenvalue weighted by Gasteiger charge is -2.08. The quantitative estimate of drug-likeness (QED) is 0.662. The van der Waals surface area contributed by atoms with E-state index in [1.165, 1.54) is 6.07 Å². The van der Waals surface area contributed by atoms with Crippen LogP contribution >= 0.6 is 0 Å². The second-order valence-corrected chi connectivity index (χ2v) is 2.83. The first-order valence-corrected chi connectivity index (χ1v) is 3.95. The molecule has 0 aromatic heterocycles. The van der Waals surface area contributed by atoms with E-state index in [0.29, 0.717) is 5.56 Å². The first-order valence-electron chi connectivity index (χ1n) is 3.95. The Balaban J connectivity index is 3.06. The van der Waals surface area contributed by atoms with Crippen LogP contribution in [0.25, 0.3) is 0 Å². The van der Waals surface area contributed by atoms with E-state index in [2.05, 4.69) is 0 Å². The number of halogens is 1. The number of aliphatic hydroxyl groups is 1. The second-order valence-electron chi connectivity index (χ2n) is 2.83. The standard InChI is InChI=1S/C9H10FNO3/c10-7-3-5(8(11)4-12)1-2-6(7)9(13)14/h1-3,8,12H,4,11H2,(H,13,14)/t8-/m0/s1. The van der Waals surface area contributed by atoms with Crippen molar-refractivity contribution in [1.29, 1.82) is 0 Å². The summed E-state index contributed by atoms with van der Waals surface area (Å²) in [5.41, 5.74) is 5.39. The monoisotopic (exact) mass is 199 g/mol. The molecule has 0 radical (unpaired) electrons. The molecule has 4 N–H and O–H groups in total. The van der Waals surface area contributed by atoms with E-state index in [1.54, 1.807) is 0 Å². The zero-order valence-corrected chi connectivity index (χ0v) is 7.27. The van der Waals surface area contributed by atoms with Crippen molar-refractivity contribution in [3.63, 3.8) is 0 Å². The maximum Gasteiger partial charge on any atom is 0.338 e. The molecule has 1 aromatic rings. The minimum absolute atomic E-state index is 0.314. The molecule has 0 bridgehead atoms. The van der Waals surface area contributed by atoms with Crippen molar-refractivity contribution >= 4 is 5.97 Å². The molecular weight excluding hydrogens is 189 g/mol. The van der Waals surface area contributed by atoms with E-state index < -0.39 is 23.4 Å². The summed E-state index contributed by atoms with van der Waals surface area (Å²) in [5.74, 6) is -2.18. The number of carbonyl (C=O) groups is 1. The van der Waals surface area contributed by atoms with Crippen LogP contribution in [0.1, 0.15) is 22.0 Å². The van der Waals surface area contributed by atoms with Crippen molar-refractivity contribution in [2.24, 2.45) is 5.73 Å². The first kappa shape index (κ1) is 10.6. The summed E-state index contributed by atoms with van der Waals surface area (Å²) in [5, 5.41) is 17.2. The smallest absolute Gasteiger partial charge is 0.338 e. The van der Waals surface area contributed by atoms with Crippen LogP contribution in [0.5, 0.6) is 0 Å². The van der Waals surface area contributed by atoms with Crippen LogP contribution in [-0.4, -0.2) is 22.8 Å². The maximum atomic E-state index is 13.1. The van der Waals surface area contributed by atoms with Gasteiger partial charge in [-0.3, -0.25) is 0 Å². The van der Waals surface area contributed by atoms with Crippen LogP contribution in [0.4, 0.5) is 4.39 Å². The first-order chi connectivity index (χ1) is 6.56. The van der Waals surface area contributed by atoms with Crippen molar-refractivity contribution in [1.82, 2.24) is 0 Å². The van der Waals surface area contributed by atoms with Gasteiger partial charge in [-0.1, -0.05) is 6.07 Å². The van der Waals surface area contributed by atoms with E-state index in [9.17, 15) is 9.18 Å². The van der Waals surface area contributed by atoms with Crippen LogP contribution in [0.15, 0.2) is 18.2 Å². The molecular formula is C9H10FNO3. The highest BCUT2D eigenvalue weighted by atomic mass is 19.1. The lowest BCUT2D eigenvalue weighted by molar-refractivity contribution is 0.0692. The molecule has 0 amide bonds. The fourth-order valence-electron chi connectivity index (χ4n) is 1.04. The van der Waals surface area contributed by atoms with Gasteiger partial charge in [0.25, 0.3) is 0 Å². The van der Waals surface area contributed by atoms with Gasteiger partial charge < -0.3 is 15.9 Å². The summed E-state index contributed by atoms with van der Waals surface area (Å²) in [6.45, 7) is -0.314. The lowest BCUT2D eigenvalue weighted by Crippen LogP contribution is -2.15.